The number of aliphatic imine (C=N–C) groups is 1. The predicted octanol–water partition coefficient (Wildman–Crippen LogP) is 6.96. The van der Waals surface area contributed by atoms with E-state index in [-0.39, 0.29) is 5.71 Å². The summed E-state index contributed by atoms with van der Waals surface area (Å²) < 4.78 is 39.3. The fourth-order valence-electron chi connectivity index (χ4n) is 2.87. The molecule has 2 aromatic carbocycles. The van der Waals surface area contributed by atoms with E-state index in [2.05, 4.69) is 4.99 Å². The molecule has 0 radical (unpaired) electrons. The van der Waals surface area contributed by atoms with Crippen LogP contribution in [-0.4, -0.2) is 23.0 Å². The smallest absolute Gasteiger partial charge is 0.430 e. The molecular formula is C24H20ClF3N2O2S. The molecule has 1 aromatic heterocycles. The molecule has 4 nitrogen and oxygen atoms in total. The Kier molecular flexibility index (Phi) is 7.00. The molecule has 0 saturated heterocycles. The molecule has 0 aliphatic heterocycles. The number of carboxylic acids is 1. The number of para-hydroxylation sites is 1. The van der Waals surface area contributed by atoms with E-state index in [0.717, 1.165) is 16.5 Å². The maximum Gasteiger partial charge on any atom is 0.430 e. The van der Waals surface area contributed by atoms with Gasteiger partial charge in [0.15, 0.2) is 0 Å². The largest absolute Gasteiger partial charge is 0.481 e. The van der Waals surface area contributed by atoms with Crippen LogP contribution in [0.3, 0.4) is 0 Å². The minimum absolute atomic E-state index is 0.0257. The lowest BCUT2D eigenvalue weighted by Gasteiger charge is -2.19. The van der Waals surface area contributed by atoms with Crippen LogP contribution in [0.1, 0.15) is 24.3 Å². The third-order valence-corrected chi connectivity index (χ3v) is 6.47. The molecule has 172 valence electrons. The number of carboxylic acid groups (broad SMARTS) is 1. The Balaban J connectivity index is 2.02. The van der Waals surface area contributed by atoms with E-state index in [4.69, 9.17) is 17.3 Å². The molecule has 3 aromatic rings. The Hall–Kier alpha value is -3.10. The van der Waals surface area contributed by atoms with Crippen molar-refractivity contribution in [2.45, 2.75) is 25.4 Å². The first-order chi connectivity index (χ1) is 15.4. The Morgan fingerprint density at radius 1 is 1.06 bits per heavy atom. The molecule has 0 amide bonds. The maximum atomic E-state index is 13.1. The SMILES string of the molecule is CC(C)(C(=O)O)c1ccc(-c2ccc(C(/C=C(\N)C(F)(F)F)=Nc3ccccc3Cl)s2)cc1. The zero-order valence-electron chi connectivity index (χ0n) is 17.7. The summed E-state index contributed by atoms with van der Waals surface area (Å²) in [6.07, 6.45) is -3.91. The number of alkyl halides is 3. The van der Waals surface area contributed by atoms with Crippen LogP contribution < -0.4 is 5.73 Å². The van der Waals surface area contributed by atoms with Crippen LogP contribution in [0.15, 0.2) is 77.4 Å². The molecule has 0 bridgehead atoms. The number of nitrogens with zero attached hydrogens (tertiary/aromatic N) is 1. The predicted molar refractivity (Wildman–Crippen MR) is 126 cm³/mol. The monoisotopic (exact) mass is 492 g/mol. The van der Waals surface area contributed by atoms with Gasteiger partial charge in [0.05, 0.1) is 26.7 Å². The third kappa shape index (κ3) is 5.64. The quantitative estimate of drug-likeness (QED) is 0.365. The van der Waals surface area contributed by atoms with E-state index in [9.17, 15) is 23.1 Å². The highest BCUT2D eigenvalue weighted by molar-refractivity contribution is 7.17. The number of hydrogen-bond acceptors (Lipinski definition) is 4. The van der Waals surface area contributed by atoms with Crippen LogP contribution >= 0.6 is 22.9 Å². The molecule has 0 aliphatic carbocycles. The maximum absolute atomic E-state index is 13.1. The van der Waals surface area contributed by atoms with Crippen LogP contribution in [0.4, 0.5) is 18.9 Å². The Morgan fingerprint density at radius 3 is 2.27 bits per heavy atom. The number of rotatable bonds is 6. The molecule has 33 heavy (non-hydrogen) atoms. The van der Waals surface area contributed by atoms with Crippen molar-refractivity contribution in [2.24, 2.45) is 10.7 Å². The van der Waals surface area contributed by atoms with Gasteiger partial charge in [-0.05, 0) is 55.3 Å². The molecule has 0 aliphatic rings. The lowest BCUT2D eigenvalue weighted by atomic mass is 9.84. The van der Waals surface area contributed by atoms with Gasteiger partial charge in [0.2, 0.25) is 0 Å². The molecule has 0 saturated carbocycles. The standard InChI is InChI=1S/C24H20ClF3N2O2S/c1-23(2,22(31)32)15-9-7-14(8-10-15)19-11-12-20(33-19)18(13-21(29)24(26,27)28)30-17-6-4-3-5-16(17)25/h3-13H,29H2,1-2H3,(H,31,32)/b21-13-,30-18?. The lowest BCUT2D eigenvalue weighted by Crippen LogP contribution is -2.28. The minimum Gasteiger partial charge on any atom is -0.481 e. The topological polar surface area (TPSA) is 75.7 Å². The molecule has 0 atom stereocenters. The first kappa shape index (κ1) is 24.5. The van der Waals surface area contributed by atoms with Gasteiger partial charge in [-0.25, -0.2) is 4.99 Å². The Bertz CT molecular complexity index is 1230. The summed E-state index contributed by atoms with van der Waals surface area (Å²) in [4.78, 5) is 17.0. The normalized spacial score (nSPS) is 13.3. The average molecular weight is 493 g/mol. The summed E-state index contributed by atoms with van der Waals surface area (Å²) in [5.41, 5.74) is 4.71. The summed E-state index contributed by atoms with van der Waals surface area (Å²) in [5.74, 6) is -0.942. The molecule has 0 fully saturated rings. The van der Waals surface area contributed by atoms with Crippen molar-refractivity contribution in [1.29, 1.82) is 0 Å². The fraction of sp³-hybridized carbons (Fsp3) is 0.167. The molecule has 0 spiro atoms. The van der Waals surface area contributed by atoms with E-state index < -0.39 is 23.3 Å². The first-order valence-corrected chi connectivity index (χ1v) is 10.9. The number of allylic oxidation sites excluding steroid dienone is 2. The Morgan fingerprint density at radius 2 is 1.70 bits per heavy atom. The Labute approximate surface area is 197 Å². The summed E-state index contributed by atoms with van der Waals surface area (Å²) in [7, 11) is 0. The molecule has 3 rings (SSSR count). The van der Waals surface area contributed by atoms with Gasteiger partial charge in [-0.1, -0.05) is 48.0 Å². The van der Waals surface area contributed by atoms with Gasteiger partial charge in [-0.2, -0.15) is 13.2 Å². The van der Waals surface area contributed by atoms with Crippen molar-refractivity contribution in [2.75, 3.05) is 0 Å². The van der Waals surface area contributed by atoms with Gasteiger partial charge in [0.1, 0.15) is 5.70 Å². The van der Waals surface area contributed by atoms with Gasteiger partial charge in [-0.3, -0.25) is 4.79 Å². The summed E-state index contributed by atoms with van der Waals surface area (Å²) in [6.45, 7) is 3.23. The number of aliphatic carboxylic acids is 1. The summed E-state index contributed by atoms with van der Waals surface area (Å²) >= 11 is 7.37. The highest BCUT2D eigenvalue weighted by Crippen LogP contribution is 2.33. The second-order valence-electron chi connectivity index (χ2n) is 7.72. The van der Waals surface area contributed by atoms with E-state index >= 15 is 0 Å². The van der Waals surface area contributed by atoms with Gasteiger partial charge < -0.3 is 10.8 Å². The number of halogens is 4. The molecule has 1 heterocycles. The van der Waals surface area contributed by atoms with E-state index in [0.29, 0.717) is 21.2 Å². The number of hydrogen-bond donors (Lipinski definition) is 2. The van der Waals surface area contributed by atoms with Gasteiger partial charge >= 0.3 is 12.1 Å². The minimum atomic E-state index is -4.70. The van der Waals surface area contributed by atoms with Crippen LogP contribution in [0.2, 0.25) is 5.02 Å². The van der Waals surface area contributed by atoms with Crippen molar-refractivity contribution in [3.05, 3.63) is 87.9 Å². The molecule has 9 heteroatoms. The average Bonchev–Trinajstić information content (AvgIpc) is 3.24. The zero-order valence-corrected chi connectivity index (χ0v) is 19.2. The van der Waals surface area contributed by atoms with E-state index in [1.807, 2.05) is 0 Å². The number of nitrogens with two attached hydrogens (primary N) is 1. The fourth-order valence-corrected chi connectivity index (χ4v) is 4.02. The second kappa shape index (κ2) is 9.41. The van der Waals surface area contributed by atoms with Crippen molar-refractivity contribution >= 4 is 40.3 Å². The molecule has 3 N–H and O–H groups in total. The highest BCUT2D eigenvalue weighted by atomic mass is 35.5. The molecular weight excluding hydrogens is 473 g/mol. The van der Waals surface area contributed by atoms with Crippen molar-refractivity contribution < 1.29 is 23.1 Å². The first-order valence-electron chi connectivity index (χ1n) is 9.71. The van der Waals surface area contributed by atoms with E-state index in [1.54, 1.807) is 74.5 Å². The van der Waals surface area contributed by atoms with Gasteiger partial charge in [-0.15, -0.1) is 11.3 Å². The van der Waals surface area contributed by atoms with E-state index in [1.165, 1.54) is 11.3 Å². The molecule has 0 unspecified atom stereocenters. The van der Waals surface area contributed by atoms with Gasteiger partial charge in [0, 0.05) is 4.88 Å². The number of thiophene rings is 1. The summed E-state index contributed by atoms with van der Waals surface area (Å²) in [5, 5.41) is 9.69. The zero-order chi connectivity index (χ0) is 24.4. The third-order valence-electron chi connectivity index (χ3n) is 5.00. The lowest BCUT2D eigenvalue weighted by molar-refractivity contribution is -0.142. The van der Waals surface area contributed by atoms with Crippen LogP contribution in [-0.2, 0) is 10.2 Å². The number of carbonyl (C=O) groups is 1. The van der Waals surface area contributed by atoms with Crippen molar-refractivity contribution in [3.8, 4) is 10.4 Å². The van der Waals surface area contributed by atoms with Crippen LogP contribution in [0, 0.1) is 0 Å². The van der Waals surface area contributed by atoms with Crippen LogP contribution in [0.25, 0.3) is 10.4 Å². The second-order valence-corrected chi connectivity index (χ2v) is 9.21. The van der Waals surface area contributed by atoms with Crippen molar-refractivity contribution in [1.82, 2.24) is 0 Å². The van der Waals surface area contributed by atoms with Gasteiger partial charge in [0.25, 0.3) is 0 Å². The summed E-state index contributed by atoms with van der Waals surface area (Å²) in [6, 6.07) is 17.0. The van der Waals surface area contributed by atoms with Crippen LogP contribution in [0.5, 0.6) is 0 Å². The highest BCUT2D eigenvalue weighted by Gasteiger charge is 2.32. The van der Waals surface area contributed by atoms with Crippen molar-refractivity contribution in [3.63, 3.8) is 0 Å². The number of benzene rings is 2.